The average Bonchev–Trinajstić information content (AvgIpc) is 2.69. The van der Waals surface area contributed by atoms with Crippen LogP contribution in [0.4, 0.5) is 0 Å². The van der Waals surface area contributed by atoms with Gasteiger partial charge in [0.2, 0.25) is 0 Å². The molecule has 1 fully saturated rings. The minimum atomic E-state index is -0.0473. The Morgan fingerprint density at radius 3 is 2.46 bits per heavy atom. The molecule has 0 aliphatic carbocycles. The van der Waals surface area contributed by atoms with Crippen molar-refractivity contribution >= 4 is 5.91 Å². The van der Waals surface area contributed by atoms with Crippen molar-refractivity contribution in [2.75, 3.05) is 26.8 Å². The molecule has 5 nitrogen and oxygen atoms in total. The second-order valence-electron chi connectivity index (χ2n) is 7.48. The van der Waals surface area contributed by atoms with Crippen LogP contribution in [0.15, 0.2) is 42.5 Å². The molecule has 150 valence electrons. The molecule has 0 bridgehead atoms. The van der Waals surface area contributed by atoms with Crippen molar-refractivity contribution in [2.24, 2.45) is 0 Å². The van der Waals surface area contributed by atoms with Crippen LogP contribution in [0, 0.1) is 13.8 Å². The summed E-state index contributed by atoms with van der Waals surface area (Å²) in [5.41, 5.74) is 3.36. The van der Waals surface area contributed by atoms with Gasteiger partial charge in [0, 0.05) is 25.7 Å². The number of likely N-dealkylation sites (tertiary alicyclic amines) is 1. The number of amides is 1. The highest BCUT2D eigenvalue weighted by atomic mass is 16.5. The Balaban J connectivity index is 1.42. The fraction of sp³-hybridized carbons (Fsp3) is 0.435. The third-order valence-electron chi connectivity index (χ3n) is 5.25. The molecule has 28 heavy (non-hydrogen) atoms. The van der Waals surface area contributed by atoms with Gasteiger partial charge in [0.05, 0.1) is 7.11 Å². The SMILES string of the molecule is COc1cccc(CN2CCC(NC(=O)COc3c(C)cccc3C)CC2)c1. The second kappa shape index (κ2) is 9.60. The van der Waals surface area contributed by atoms with Gasteiger partial charge in [-0.05, 0) is 55.5 Å². The Bertz CT molecular complexity index is 778. The maximum atomic E-state index is 12.3. The number of aryl methyl sites for hydroxylation is 2. The lowest BCUT2D eigenvalue weighted by atomic mass is 10.0. The molecule has 0 radical (unpaired) electrons. The number of methoxy groups -OCH3 is 1. The molecule has 1 aliphatic heterocycles. The second-order valence-corrected chi connectivity index (χ2v) is 7.48. The third-order valence-corrected chi connectivity index (χ3v) is 5.25. The molecule has 1 saturated heterocycles. The molecule has 3 rings (SSSR count). The van der Waals surface area contributed by atoms with Gasteiger partial charge in [0.1, 0.15) is 11.5 Å². The maximum Gasteiger partial charge on any atom is 0.258 e. The first-order valence-electron chi connectivity index (χ1n) is 9.89. The fourth-order valence-corrected chi connectivity index (χ4v) is 3.70. The molecule has 1 amide bonds. The van der Waals surface area contributed by atoms with Crippen LogP contribution >= 0.6 is 0 Å². The number of carbonyl (C=O) groups excluding carboxylic acids is 1. The van der Waals surface area contributed by atoms with Crippen LogP contribution in [0.25, 0.3) is 0 Å². The van der Waals surface area contributed by atoms with Gasteiger partial charge in [0.15, 0.2) is 6.61 Å². The number of hydrogen-bond donors (Lipinski definition) is 1. The molecular formula is C23H30N2O3. The molecule has 0 aromatic heterocycles. The lowest BCUT2D eigenvalue weighted by Crippen LogP contribution is -2.45. The van der Waals surface area contributed by atoms with Crippen molar-refractivity contribution in [1.29, 1.82) is 0 Å². The Morgan fingerprint density at radius 1 is 1.11 bits per heavy atom. The molecule has 0 atom stereocenters. The highest BCUT2D eigenvalue weighted by Crippen LogP contribution is 2.22. The van der Waals surface area contributed by atoms with Crippen molar-refractivity contribution in [3.63, 3.8) is 0 Å². The predicted molar refractivity (Wildman–Crippen MR) is 111 cm³/mol. The largest absolute Gasteiger partial charge is 0.497 e. The lowest BCUT2D eigenvalue weighted by molar-refractivity contribution is -0.124. The van der Waals surface area contributed by atoms with E-state index in [0.717, 1.165) is 55.1 Å². The summed E-state index contributed by atoms with van der Waals surface area (Å²) in [6.07, 6.45) is 1.91. The summed E-state index contributed by atoms with van der Waals surface area (Å²) in [6, 6.07) is 14.4. The summed E-state index contributed by atoms with van der Waals surface area (Å²) in [5.74, 6) is 1.66. The first-order chi connectivity index (χ1) is 13.5. The zero-order valence-corrected chi connectivity index (χ0v) is 17.0. The number of para-hydroxylation sites is 1. The first kappa shape index (κ1) is 20.2. The van der Waals surface area contributed by atoms with E-state index in [9.17, 15) is 4.79 Å². The standard InChI is InChI=1S/C23H30N2O3/c1-17-6-4-7-18(2)23(17)28-16-22(26)24-20-10-12-25(13-11-20)15-19-8-5-9-21(14-19)27-3/h4-9,14,20H,10-13,15-16H2,1-3H3,(H,24,26). The molecular weight excluding hydrogens is 352 g/mol. The van der Waals surface area contributed by atoms with Crippen LogP contribution in [0.1, 0.15) is 29.5 Å². The van der Waals surface area contributed by atoms with Crippen molar-refractivity contribution in [1.82, 2.24) is 10.2 Å². The fourth-order valence-electron chi connectivity index (χ4n) is 3.70. The third kappa shape index (κ3) is 5.49. The van der Waals surface area contributed by atoms with Crippen molar-refractivity contribution < 1.29 is 14.3 Å². The number of piperidine rings is 1. The normalized spacial score (nSPS) is 15.2. The molecule has 2 aromatic carbocycles. The summed E-state index contributed by atoms with van der Waals surface area (Å²) in [4.78, 5) is 14.7. The molecule has 0 saturated carbocycles. The van der Waals surface area contributed by atoms with E-state index in [1.165, 1.54) is 5.56 Å². The topological polar surface area (TPSA) is 50.8 Å². The molecule has 2 aromatic rings. The van der Waals surface area contributed by atoms with Gasteiger partial charge >= 0.3 is 0 Å². The van der Waals surface area contributed by atoms with E-state index in [0.29, 0.717) is 0 Å². The van der Waals surface area contributed by atoms with Crippen LogP contribution in [0.3, 0.4) is 0 Å². The van der Waals surface area contributed by atoms with Crippen LogP contribution < -0.4 is 14.8 Å². The van der Waals surface area contributed by atoms with Gasteiger partial charge in [-0.15, -0.1) is 0 Å². The van der Waals surface area contributed by atoms with E-state index >= 15 is 0 Å². The van der Waals surface area contributed by atoms with Gasteiger partial charge in [-0.25, -0.2) is 0 Å². The number of hydrogen-bond acceptors (Lipinski definition) is 4. The number of nitrogens with zero attached hydrogens (tertiary/aromatic N) is 1. The van der Waals surface area contributed by atoms with Crippen LogP contribution in [-0.4, -0.2) is 43.7 Å². The Hall–Kier alpha value is -2.53. The number of ether oxygens (including phenoxy) is 2. The van der Waals surface area contributed by atoms with E-state index in [4.69, 9.17) is 9.47 Å². The monoisotopic (exact) mass is 382 g/mol. The zero-order valence-electron chi connectivity index (χ0n) is 17.0. The Morgan fingerprint density at radius 2 is 1.79 bits per heavy atom. The predicted octanol–water partition coefficient (Wildman–Crippen LogP) is 3.47. The maximum absolute atomic E-state index is 12.3. The molecule has 0 unspecified atom stereocenters. The Labute approximate surface area is 167 Å². The van der Waals surface area contributed by atoms with Crippen LogP contribution in [0.2, 0.25) is 0 Å². The number of nitrogens with one attached hydrogen (secondary N) is 1. The Kier molecular flexibility index (Phi) is 6.93. The minimum absolute atomic E-state index is 0.0473. The minimum Gasteiger partial charge on any atom is -0.497 e. The summed E-state index contributed by atoms with van der Waals surface area (Å²) in [6.45, 7) is 6.92. The zero-order chi connectivity index (χ0) is 19.9. The van der Waals surface area contributed by atoms with Crippen LogP contribution in [0.5, 0.6) is 11.5 Å². The van der Waals surface area contributed by atoms with Gasteiger partial charge in [-0.1, -0.05) is 30.3 Å². The summed E-state index contributed by atoms with van der Waals surface area (Å²) >= 11 is 0. The number of rotatable bonds is 7. The average molecular weight is 383 g/mol. The van der Waals surface area contributed by atoms with E-state index in [2.05, 4.69) is 22.3 Å². The first-order valence-corrected chi connectivity index (χ1v) is 9.89. The van der Waals surface area contributed by atoms with Gasteiger partial charge in [-0.2, -0.15) is 0 Å². The van der Waals surface area contributed by atoms with Gasteiger partial charge < -0.3 is 14.8 Å². The van der Waals surface area contributed by atoms with Gasteiger partial charge in [0.25, 0.3) is 5.91 Å². The number of carbonyl (C=O) groups is 1. The molecule has 1 heterocycles. The molecule has 5 heteroatoms. The molecule has 1 aliphatic rings. The van der Waals surface area contributed by atoms with E-state index in [-0.39, 0.29) is 18.6 Å². The summed E-state index contributed by atoms with van der Waals surface area (Å²) in [5, 5.41) is 3.12. The van der Waals surface area contributed by atoms with E-state index in [1.54, 1.807) is 7.11 Å². The lowest BCUT2D eigenvalue weighted by Gasteiger charge is -2.32. The van der Waals surface area contributed by atoms with Crippen LogP contribution in [-0.2, 0) is 11.3 Å². The van der Waals surface area contributed by atoms with Crippen molar-refractivity contribution in [3.05, 3.63) is 59.2 Å². The number of benzene rings is 2. The van der Waals surface area contributed by atoms with E-state index < -0.39 is 0 Å². The highest BCUT2D eigenvalue weighted by Gasteiger charge is 2.21. The van der Waals surface area contributed by atoms with Gasteiger partial charge in [-0.3, -0.25) is 9.69 Å². The quantitative estimate of drug-likeness (QED) is 0.797. The molecule has 0 spiro atoms. The van der Waals surface area contributed by atoms with Crippen molar-refractivity contribution in [3.8, 4) is 11.5 Å². The van der Waals surface area contributed by atoms with Crippen molar-refractivity contribution in [2.45, 2.75) is 39.3 Å². The highest BCUT2D eigenvalue weighted by molar-refractivity contribution is 5.78. The summed E-state index contributed by atoms with van der Waals surface area (Å²) < 4.78 is 11.1. The van der Waals surface area contributed by atoms with E-state index in [1.807, 2.05) is 44.2 Å². The smallest absolute Gasteiger partial charge is 0.258 e. The summed E-state index contributed by atoms with van der Waals surface area (Å²) in [7, 11) is 1.69. The molecule has 1 N–H and O–H groups in total.